The van der Waals surface area contributed by atoms with Gasteiger partial charge in [-0.2, -0.15) is 0 Å². The number of hydrogen-bond donors (Lipinski definition) is 0. The van der Waals surface area contributed by atoms with Gasteiger partial charge in [0.1, 0.15) is 17.7 Å². The average molecular weight is 427 g/mol. The van der Waals surface area contributed by atoms with Crippen molar-refractivity contribution in [1.29, 1.82) is 0 Å². The van der Waals surface area contributed by atoms with Crippen molar-refractivity contribution in [3.8, 4) is 0 Å². The van der Waals surface area contributed by atoms with E-state index in [4.69, 9.17) is 11.6 Å². The number of hydrogen-bond acceptors (Lipinski definition) is 2. The second-order valence-electron chi connectivity index (χ2n) is 7.01. The highest BCUT2D eigenvalue weighted by molar-refractivity contribution is 6.30. The van der Waals surface area contributed by atoms with E-state index in [1.54, 1.807) is 48.2 Å². The van der Waals surface area contributed by atoms with E-state index in [9.17, 15) is 18.4 Å². The monoisotopic (exact) mass is 426 g/mol. The number of nitrogens with zero attached hydrogens (tertiary/aromatic N) is 2. The zero-order valence-corrected chi connectivity index (χ0v) is 16.7. The van der Waals surface area contributed by atoms with Crippen LogP contribution in [-0.4, -0.2) is 17.9 Å². The maximum Gasteiger partial charge on any atom is 0.262 e. The van der Waals surface area contributed by atoms with Crippen molar-refractivity contribution in [1.82, 2.24) is 0 Å². The Balaban J connectivity index is 1.75. The minimum atomic E-state index is -0.972. The van der Waals surface area contributed by atoms with Gasteiger partial charge in [0.25, 0.3) is 5.91 Å². The first-order valence-electron chi connectivity index (χ1n) is 9.30. The van der Waals surface area contributed by atoms with Crippen molar-refractivity contribution in [2.75, 3.05) is 9.80 Å². The Kier molecular flexibility index (Phi) is 5.26. The number of benzene rings is 3. The summed E-state index contributed by atoms with van der Waals surface area (Å²) < 4.78 is 27.5. The highest BCUT2D eigenvalue weighted by Crippen LogP contribution is 2.38. The van der Waals surface area contributed by atoms with Crippen LogP contribution in [-0.2, 0) is 11.3 Å². The maximum absolute atomic E-state index is 14.3. The van der Waals surface area contributed by atoms with Crippen molar-refractivity contribution in [3.05, 3.63) is 94.5 Å². The Morgan fingerprint density at radius 2 is 1.67 bits per heavy atom. The number of fused-ring (bicyclic) bond motifs is 1. The molecule has 3 aromatic carbocycles. The number of rotatable bonds is 3. The molecule has 0 radical (unpaired) electrons. The third-order valence-electron chi connectivity index (χ3n) is 5.08. The van der Waals surface area contributed by atoms with Crippen molar-refractivity contribution < 1.29 is 18.4 Å². The maximum atomic E-state index is 14.3. The van der Waals surface area contributed by atoms with Crippen molar-refractivity contribution in [2.24, 2.45) is 0 Å². The molecule has 0 N–H and O–H groups in total. The number of halogens is 3. The summed E-state index contributed by atoms with van der Waals surface area (Å²) in [5.41, 5.74) is 1.59. The molecule has 0 saturated heterocycles. The molecule has 0 bridgehead atoms. The van der Waals surface area contributed by atoms with Gasteiger partial charge in [0.15, 0.2) is 0 Å². The standard InChI is InChI=1S/C23H17ClF2N2O2/c1-14-22(29)27(13-15-6-8-16(24)9-7-15)20-4-2-3-5-21(20)28(14)23(30)18-11-10-17(25)12-19(18)26/h2-12,14H,13H2,1H3. The van der Waals surface area contributed by atoms with Gasteiger partial charge in [-0.15, -0.1) is 0 Å². The molecule has 4 rings (SSSR count). The van der Waals surface area contributed by atoms with Crippen LogP contribution in [0, 0.1) is 11.6 Å². The summed E-state index contributed by atoms with van der Waals surface area (Å²) in [6.45, 7) is 1.89. The van der Waals surface area contributed by atoms with Gasteiger partial charge in [0, 0.05) is 11.1 Å². The third-order valence-corrected chi connectivity index (χ3v) is 5.33. The topological polar surface area (TPSA) is 40.6 Å². The molecule has 0 spiro atoms. The van der Waals surface area contributed by atoms with Crippen LogP contribution in [0.3, 0.4) is 0 Å². The van der Waals surface area contributed by atoms with Gasteiger partial charge in [-0.1, -0.05) is 35.9 Å². The number of anilines is 2. The molecule has 0 aliphatic carbocycles. The van der Waals surface area contributed by atoms with Gasteiger partial charge in [-0.05, 0) is 48.9 Å². The number of carbonyl (C=O) groups excluding carboxylic acids is 2. The lowest BCUT2D eigenvalue weighted by molar-refractivity contribution is -0.119. The molecule has 7 heteroatoms. The first-order chi connectivity index (χ1) is 14.4. The summed E-state index contributed by atoms with van der Waals surface area (Å²) >= 11 is 5.94. The molecular formula is C23H17ClF2N2O2. The first-order valence-corrected chi connectivity index (χ1v) is 9.68. The van der Waals surface area contributed by atoms with E-state index in [0.29, 0.717) is 29.0 Å². The summed E-state index contributed by atoms with van der Waals surface area (Å²) in [7, 11) is 0. The van der Waals surface area contributed by atoms with Crippen LogP contribution in [0.15, 0.2) is 66.7 Å². The van der Waals surface area contributed by atoms with E-state index in [1.165, 1.54) is 4.90 Å². The zero-order chi connectivity index (χ0) is 21.4. The van der Waals surface area contributed by atoms with Crippen LogP contribution in [0.5, 0.6) is 0 Å². The normalized spacial score (nSPS) is 15.9. The molecule has 0 fully saturated rings. The Hall–Kier alpha value is -3.25. The fourth-order valence-electron chi connectivity index (χ4n) is 3.57. The van der Waals surface area contributed by atoms with Gasteiger partial charge in [-0.3, -0.25) is 14.5 Å². The molecule has 3 aromatic rings. The Morgan fingerprint density at radius 1 is 1.00 bits per heavy atom. The van der Waals surface area contributed by atoms with Gasteiger partial charge < -0.3 is 4.90 Å². The summed E-state index contributed by atoms with van der Waals surface area (Å²) in [6, 6.07) is 16.0. The molecule has 30 heavy (non-hydrogen) atoms. The quantitative estimate of drug-likeness (QED) is 0.577. The molecule has 4 nitrogen and oxygen atoms in total. The van der Waals surface area contributed by atoms with Gasteiger partial charge >= 0.3 is 0 Å². The van der Waals surface area contributed by atoms with Crippen LogP contribution in [0.1, 0.15) is 22.8 Å². The minimum absolute atomic E-state index is 0.294. The van der Waals surface area contributed by atoms with Crippen molar-refractivity contribution in [3.63, 3.8) is 0 Å². The van der Waals surface area contributed by atoms with Crippen LogP contribution >= 0.6 is 11.6 Å². The lowest BCUT2D eigenvalue weighted by Crippen LogP contribution is -2.54. The fraction of sp³-hybridized carbons (Fsp3) is 0.130. The summed E-state index contributed by atoms with van der Waals surface area (Å²) in [5, 5.41) is 0.593. The van der Waals surface area contributed by atoms with E-state index >= 15 is 0 Å². The van der Waals surface area contributed by atoms with E-state index in [-0.39, 0.29) is 11.5 Å². The van der Waals surface area contributed by atoms with Gasteiger partial charge in [0.2, 0.25) is 5.91 Å². The molecule has 152 valence electrons. The van der Waals surface area contributed by atoms with Crippen LogP contribution in [0.2, 0.25) is 5.02 Å². The lowest BCUT2D eigenvalue weighted by atomic mass is 10.0. The summed E-state index contributed by atoms with van der Waals surface area (Å²) in [6.07, 6.45) is 0. The predicted molar refractivity (Wildman–Crippen MR) is 112 cm³/mol. The summed E-state index contributed by atoms with van der Waals surface area (Å²) in [5.74, 6) is -2.76. The molecule has 1 unspecified atom stereocenters. The Bertz CT molecular complexity index is 1130. The molecule has 1 aliphatic heterocycles. The molecule has 1 atom stereocenters. The first kappa shape index (κ1) is 20.0. The lowest BCUT2D eigenvalue weighted by Gasteiger charge is -2.40. The van der Waals surface area contributed by atoms with Gasteiger partial charge in [0.05, 0.1) is 23.5 Å². The highest BCUT2D eigenvalue weighted by atomic mass is 35.5. The third kappa shape index (κ3) is 3.55. The fourth-order valence-corrected chi connectivity index (χ4v) is 3.70. The molecule has 0 saturated carbocycles. The predicted octanol–water partition coefficient (Wildman–Crippen LogP) is 5.20. The smallest absolute Gasteiger partial charge is 0.262 e. The van der Waals surface area contributed by atoms with Crippen molar-refractivity contribution in [2.45, 2.75) is 19.5 Å². The van der Waals surface area contributed by atoms with E-state index < -0.39 is 23.6 Å². The minimum Gasteiger partial charge on any atom is -0.304 e. The molecule has 0 aromatic heterocycles. The van der Waals surface area contributed by atoms with Crippen molar-refractivity contribution >= 4 is 34.8 Å². The van der Waals surface area contributed by atoms with E-state index in [1.807, 2.05) is 12.1 Å². The van der Waals surface area contributed by atoms with Gasteiger partial charge in [-0.25, -0.2) is 8.78 Å². The van der Waals surface area contributed by atoms with Crippen LogP contribution < -0.4 is 9.80 Å². The van der Waals surface area contributed by atoms with Crippen LogP contribution in [0.25, 0.3) is 0 Å². The van der Waals surface area contributed by atoms with E-state index in [0.717, 1.165) is 17.7 Å². The second kappa shape index (κ2) is 7.88. The Morgan fingerprint density at radius 3 is 2.33 bits per heavy atom. The van der Waals surface area contributed by atoms with Crippen LogP contribution in [0.4, 0.5) is 20.2 Å². The molecule has 1 aliphatic rings. The SMILES string of the molecule is CC1C(=O)N(Cc2ccc(Cl)cc2)c2ccccc2N1C(=O)c1ccc(F)cc1F. The number of amides is 2. The molecule has 1 heterocycles. The highest BCUT2D eigenvalue weighted by Gasteiger charge is 2.39. The average Bonchev–Trinajstić information content (AvgIpc) is 2.72. The second-order valence-corrected chi connectivity index (χ2v) is 7.45. The summed E-state index contributed by atoms with van der Waals surface area (Å²) in [4.78, 5) is 29.2. The number of carbonyl (C=O) groups is 2. The number of para-hydroxylation sites is 2. The molecular weight excluding hydrogens is 410 g/mol. The molecule has 2 amide bonds. The zero-order valence-electron chi connectivity index (χ0n) is 16.0. The Labute approximate surface area is 177 Å². The van der Waals surface area contributed by atoms with E-state index in [2.05, 4.69) is 0 Å². The largest absolute Gasteiger partial charge is 0.304 e.